The van der Waals surface area contributed by atoms with Crippen LogP contribution in [-0.2, 0) is 9.53 Å². The van der Waals surface area contributed by atoms with Gasteiger partial charge in [0, 0.05) is 5.69 Å². The maximum atomic E-state index is 13.5. The van der Waals surface area contributed by atoms with Crippen molar-refractivity contribution in [2.24, 2.45) is 0 Å². The summed E-state index contributed by atoms with van der Waals surface area (Å²) in [6.45, 7) is 1.30. The lowest BCUT2D eigenvalue weighted by Crippen LogP contribution is -2.21. The average molecular weight is 322 g/mol. The van der Waals surface area contributed by atoms with Crippen LogP contribution in [0.2, 0.25) is 5.02 Å². The topological polar surface area (TPSA) is 55.4 Å². The molecule has 0 fully saturated rings. The molecule has 2 rings (SSSR count). The first kappa shape index (κ1) is 16.0. The number of hydrogen-bond acceptors (Lipinski definition) is 3. The zero-order chi connectivity index (χ0) is 16.1. The number of carbonyl (C=O) groups is 2. The van der Waals surface area contributed by atoms with Gasteiger partial charge < -0.3 is 10.1 Å². The third kappa shape index (κ3) is 3.83. The van der Waals surface area contributed by atoms with Gasteiger partial charge in [-0.15, -0.1) is 0 Å². The largest absolute Gasteiger partial charge is 0.452 e. The smallest absolute Gasteiger partial charge is 0.343 e. The molecule has 0 aliphatic rings. The monoisotopic (exact) mass is 321 g/mol. The van der Waals surface area contributed by atoms with Gasteiger partial charge in [0.15, 0.2) is 6.61 Å². The van der Waals surface area contributed by atoms with E-state index >= 15 is 0 Å². The van der Waals surface area contributed by atoms with Gasteiger partial charge in [0.05, 0.1) is 5.02 Å². The first-order chi connectivity index (χ1) is 10.5. The number of nitrogens with one attached hydrogen (secondary N) is 1. The number of hydrogen-bond donors (Lipinski definition) is 1. The average Bonchev–Trinajstić information content (AvgIpc) is 2.47. The third-order valence-electron chi connectivity index (χ3n) is 2.92. The summed E-state index contributed by atoms with van der Waals surface area (Å²) >= 11 is 5.75. The highest BCUT2D eigenvalue weighted by Crippen LogP contribution is 2.20. The molecule has 0 spiro atoms. The number of aryl methyl sites for hydroxylation is 1. The molecule has 0 aliphatic heterocycles. The first-order valence-corrected chi connectivity index (χ1v) is 6.83. The number of amides is 1. The van der Waals surface area contributed by atoms with Crippen molar-refractivity contribution in [3.05, 3.63) is 64.4 Å². The molecule has 0 unspecified atom stereocenters. The van der Waals surface area contributed by atoms with Crippen LogP contribution in [0.4, 0.5) is 10.1 Å². The standard InChI is InChI=1S/C16H13ClFNO3/c1-10-5-2-3-8-13(10)19-14(20)9-22-16(21)15-11(17)6-4-7-12(15)18/h2-8H,9H2,1H3,(H,19,20). The van der Waals surface area contributed by atoms with E-state index in [2.05, 4.69) is 5.32 Å². The van der Waals surface area contributed by atoms with Gasteiger partial charge in [-0.05, 0) is 30.7 Å². The fourth-order valence-corrected chi connectivity index (χ4v) is 2.04. The van der Waals surface area contributed by atoms with Gasteiger partial charge >= 0.3 is 5.97 Å². The maximum Gasteiger partial charge on any atom is 0.343 e. The number of ether oxygens (including phenoxy) is 1. The highest BCUT2D eigenvalue weighted by atomic mass is 35.5. The zero-order valence-corrected chi connectivity index (χ0v) is 12.5. The van der Waals surface area contributed by atoms with Crippen LogP contribution in [-0.4, -0.2) is 18.5 Å². The molecule has 0 heterocycles. The number of esters is 1. The Bertz CT molecular complexity index is 698. The molecular formula is C16H13ClFNO3. The fraction of sp³-hybridized carbons (Fsp3) is 0.125. The van der Waals surface area contributed by atoms with Crippen molar-refractivity contribution >= 4 is 29.2 Å². The van der Waals surface area contributed by atoms with Gasteiger partial charge in [-0.1, -0.05) is 35.9 Å². The van der Waals surface area contributed by atoms with E-state index in [0.29, 0.717) is 5.69 Å². The summed E-state index contributed by atoms with van der Waals surface area (Å²) in [4.78, 5) is 23.5. The van der Waals surface area contributed by atoms with E-state index in [1.807, 2.05) is 19.1 Å². The van der Waals surface area contributed by atoms with Crippen molar-refractivity contribution in [2.75, 3.05) is 11.9 Å². The predicted molar refractivity (Wildman–Crippen MR) is 81.5 cm³/mol. The zero-order valence-electron chi connectivity index (χ0n) is 11.7. The van der Waals surface area contributed by atoms with E-state index in [1.165, 1.54) is 12.1 Å². The maximum absolute atomic E-state index is 13.5. The van der Waals surface area contributed by atoms with E-state index in [0.717, 1.165) is 11.6 Å². The fourth-order valence-electron chi connectivity index (χ4n) is 1.80. The molecule has 1 amide bonds. The Kier molecular flexibility index (Phi) is 5.12. The minimum absolute atomic E-state index is 0.0655. The quantitative estimate of drug-likeness (QED) is 0.876. The van der Waals surface area contributed by atoms with Crippen molar-refractivity contribution in [3.8, 4) is 0 Å². The summed E-state index contributed by atoms with van der Waals surface area (Å²) in [6, 6.07) is 11.0. The van der Waals surface area contributed by atoms with Crippen LogP contribution in [0.3, 0.4) is 0 Å². The normalized spacial score (nSPS) is 10.1. The lowest BCUT2D eigenvalue weighted by atomic mass is 10.2. The van der Waals surface area contributed by atoms with Crippen molar-refractivity contribution in [2.45, 2.75) is 6.92 Å². The van der Waals surface area contributed by atoms with Crippen molar-refractivity contribution in [3.63, 3.8) is 0 Å². The first-order valence-electron chi connectivity index (χ1n) is 6.45. The van der Waals surface area contributed by atoms with Gasteiger partial charge in [0.1, 0.15) is 11.4 Å². The Balaban J connectivity index is 1.97. The lowest BCUT2D eigenvalue weighted by Gasteiger charge is -2.09. The third-order valence-corrected chi connectivity index (χ3v) is 3.24. The predicted octanol–water partition coefficient (Wildman–Crippen LogP) is 3.58. The Hall–Kier alpha value is -2.40. The van der Waals surface area contributed by atoms with Crippen LogP contribution < -0.4 is 5.32 Å². The molecule has 1 N–H and O–H groups in total. The van der Waals surface area contributed by atoms with Crippen molar-refractivity contribution in [1.82, 2.24) is 0 Å². The van der Waals surface area contributed by atoms with Gasteiger partial charge in [-0.25, -0.2) is 9.18 Å². The summed E-state index contributed by atoms with van der Waals surface area (Å²) in [7, 11) is 0. The van der Waals surface area contributed by atoms with Crippen molar-refractivity contribution in [1.29, 1.82) is 0 Å². The molecule has 2 aromatic carbocycles. The summed E-state index contributed by atoms with van der Waals surface area (Å²) < 4.78 is 18.3. The lowest BCUT2D eigenvalue weighted by molar-refractivity contribution is -0.119. The van der Waals surface area contributed by atoms with Gasteiger partial charge in [-0.3, -0.25) is 4.79 Å². The highest BCUT2D eigenvalue weighted by Gasteiger charge is 2.18. The Morgan fingerprint density at radius 2 is 1.91 bits per heavy atom. The summed E-state index contributed by atoms with van der Waals surface area (Å²) in [5.74, 6) is -2.30. The minimum Gasteiger partial charge on any atom is -0.452 e. The van der Waals surface area contributed by atoms with Crippen LogP contribution in [0.1, 0.15) is 15.9 Å². The second-order valence-corrected chi connectivity index (χ2v) is 4.94. The summed E-state index contributed by atoms with van der Waals surface area (Å²) in [6.07, 6.45) is 0. The van der Waals surface area contributed by atoms with Crippen LogP contribution in [0, 0.1) is 12.7 Å². The number of para-hydroxylation sites is 1. The van der Waals surface area contributed by atoms with Gasteiger partial charge in [0.2, 0.25) is 0 Å². The van der Waals surface area contributed by atoms with Crippen molar-refractivity contribution < 1.29 is 18.7 Å². The molecule has 22 heavy (non-hydrogen) atoms. The number of halogens is 2. The summed E-state index contributed by atoms with van der Waals surface area (Å²) in [5.41, 5.74) is 1.11. The van der Waals surface area contributed by atoms with E-state index in [9.17, 15) is 14.0 Å². The second-order valence-electron chi connectivity index (χ2n) is 4.54. The highest BCUT2D eigenvalue weighted by molar-refractivity contribution is 6.33. The molecule has 0 aliphatic carbocycles. The molecule has 2 aromatic rings. The molecule has 0 radical (unpaired) electrons. The number of carbonyl (C=O) groups excluding carboxylic acids is 2. The van der Waals surface area contributed by atoms with Crippen LogP contribution >= 0.6 is 11.6 Å². The van der Waals surface area contributed by atoms with E-state index in [4.69, 9.17) is 16.3 Å². The Labute approximate surface area is 131 Å². The Morgan fingerprint density at radius 3 is 2.59 bits per heavy atom. The number of benzene rings is 2. The molecule has 6 heteroatoms. The molecular weight excluding hydrogens is 309 g/mol. The minimum atomic E-state index is -0.983. The Morgan fingerprint density at radius 1 is 1.18 bits per heavy atom. The molecule has 0 saturated heterocycles. The van der Waals surface area contributed by atoms with Crippen LogP contribution in [0.25, 0.3) is 0 Å². The van der Waals surface area contributed by atoms with Crippen LogP contribution in [0.15, 0.2) is 42.5 Å². The second kappa shape index (κ2) is 7.04. The molecule has 0 bridgehead atoms. The van der Waals surface area contributed by atoms with E-state index in [-0.39, 0.29) is 10.6 Å². The van der Waals surface area contributed by atoms with E-state index in [1.54, 1.807) is 12.1 Å². The van der Waals surface area contributed by atoms with Gasteiger partial charge in [0.25, 0.3) is 5.91 Å². The molecule has 0 aromatic heterocycles. The summed E-state index contributed by atoms with van der Waals surface area (Å²) in [5, 5.41) is 2.54. The molecule has 114 valence electrons. The number of anilines is 1. The van der Waals surface area contributed by atoms with Crippen LogP contribution in [0.5, 0.6) is 0 Å². The number of rotatable bonds is 4. The SMILES string of the molecule is Cc1ccccc1NC(=O)COC(=O)c1c(F)cccc1Cl. The molecule has 0 saturated carbocycles. The molecule has 0 atom stereocenters. The van der Waals surface area contributed by atoms with E-state index < -0.39 is 24.3 Å². The molecule has 4 nitrogen and oxygen atoms in total. The van der Waals surface area contributed by atoms with Gasteiger partial charge in [-0.2, -0.15) is 0 Å².